The number of rotatable bonds is 5. The molecular formula is C15H19N3O5S. The number of hydrogen-bond donors (Lipinski definition) is 1. The maximum absolute atomic E-state index is 12.3. The first-order valence-electron chi connectivity index (χ1n) is 7.48. The fourth-order valence-electron chi connectivity index (χ4n) is 2.08. The Morgan fingerprint density at radius 1 is 1.21 bits per heavy atom. The average molecular weight is 353 g/mol. The molecule has 0 radical (unpaired) electrons. The van der Waals surface area contributed by atoms with Crippen molar-refractivity contribution < 1.29 is 22.4 Å². The first kappa shape index (κ1) is 16.7. The molecule has 0 unspecified atom stereocenters. The molecule has 0 spiro atoms. The van der Waals surface area contributed by atoms with Gasteiger partial charge in [-0.25, -0.2) is 13.1 Å². The smallest absolute Gasteiger partial charge is 0.240 e. The maximum Gasteiger partial charge on any atom is 0.240 e. The van der Waals surface area contributed by atoms with Gasteiger partial charge in [0, 0.05) is 24.4 Å². The summed E-state index contributed by atoms with van der Waals surface area (Å²) in [7, 11) is -3.65. The third-order valence-corrected chi connectivity index (χ3v) is 4.86. The predicted molar refractivity (Wildman–Crippen MR) is 84.5 cm³/mol. The molecule has 8 nitrogen and oxygen atoms in total. The van der Waals surface area contributed by atoms with Crippen LogP contribution in [0.25, 0.3) is 0 Å². The highest BCUT2D eigenvalue weighted by molar-refractivity contribution is 7.89. The van der Waals surface area contributed by atoms with E-state index in [2.05, 4.69) is 14.9 Å². The Morgan fingerprint density at radius 3 is 2.67 bits per heavy atom. The second-order valence-electron chi connectivity index (χ2n) is 6.43. The van der Waals surface area contributed by atoms with E-state index in [4.69, 9.17) is 14.0 Å². The number of benzene rings is 1. The molecule has 0 fully saturated rings. The largest absolute Gasteiger partial charge is 0.454 e. The van der Waals surface area contributed by atoms with Crippen molar-refractivity contribution in [1.29, 1.82) is 0 Å². The average Bonchev–Trinajstić information content (AvgIpc) is 3.14. The number of fused-ring (bicyclic) bond motifs is 1. The van der Waals surface area contributed by atoms with E-state index in [1.807, 2.05) is 20.8 Å². The Labute approximate surface area is 140 Å². The third-order valence-electron chi connectivity index (χ3n) is 3.40. The summed E-state index contributed by atoms with van der Waals surface area (Å²) in [5.41, 5.74) is -0.239. The van der Waals surface area contributed by atoms with Crippen molar-refractivity contribution in [3.8, 4) is 11.5 Å². The van der Waals surface area contributed by atoms with Gasteiger partial charge in [0.1, 0.15) is 0 Å². The number of hydrogen-bond acceptors (Lipinski definition) is 7. The molecule has 9 heteroatoms. The van der Waals surface area contributed by atoms with Crippen molar-refractivity contribution in [1.82, 2.24) is 14.9 Å². The molecule has 130 valence electrons. The predicted octanol–water partition coefficient (Wildman–Crippen LogP) is 1.62. The minimum absolute atomic E-state index is 0.0974. The zero-order valence-corrected chi connectivity index (χ0v) is 14.5. The molecule has 0 saturated carbocycles. The van der Waals surface area contributed by atoms with Crippen molar-refractivity contribution in [2.24, 2.45) is 0 Å². The second kappa shape index (κ2) is 6.06. The van der Waals surface area contributed by atoms with Crippen LogP contribution in [0.5, 0.6) is 11.5 Å². The van der Waals surface area contributed by atoms with Crippen molar-refractivity contribution >= 4 is 10.0 Å². The standard InChI is InChI=1S/C15H19N3O5S/c1-15(2,3)14-17-13(18-23-14)6-7-16-24(19,20)10-4-5-11-12(8-10)22-9-21-11/h4-5,8,16H,6-7,9H2,1-3H3. The molecule has 24 heavy (non-hydrogen) atoms. The van der Waals surface area contributed by atoms with Crippen LogP contribution in [0.1, 0.15) is 32.5 Å². The van der Waals surface area contributed by atoms with E-state index in [1.165, 1.54) is 12.1 Å². The number of nitrogens with zero attached hydrogens (tertiary/aromatic N) is 2. The van der Waals surface area contributed by atoms with Gasteiger partial charge in [-0.15, -0.1) is 0 Å². The summed E-state index contributed by atoms with van der Waals surface area (Å²) in [5, 5.41) is 3.86. The summed E-state index contributed by atoms with van der Waals surface area (Å²) in [5.74, 6) is 1.95. The zero-order chi connectivity index (χ0) is 17.4. The van der Waals surface area contributed by atoms with E-state index in [0.717, 1.165) is 0 Å². The van der Waals surface area contributed by atoms with Crippen molar-refractivity contribution in [2.45, 2.75) is 37.5 Å². The first-order chi connectivity index (χ1) is 11.3. The molecule has 1 aromatic heterocycles. The van der Waals surface area contributed by atoms with Crippen LogP contribution in [0.3, 0.4) is 0 Å². The van der Waals surface area contributed by atoms with Gasteiger partial charge in [-0.05, 0) is 12.1 Å². The van der Waals surface area contributed by atoms with Gasteiger partial charge in [-0.1, -0.05) is 25.9 Å². The highest BCUT2D eigenvalue weighted by atomic mass is 32.2. The molecule has 0 atom stereocenters. The van der Waals surface area contributed by atoms with E-state index in [1.54, 1.807) is 6.07 Å². The first-order valence-corrected chi connectivity index (χ1v) is 8.96. The van der Waals surface area contributed by atoms with Gasteiger partial charge in [0.05, 0.1) is 4.90 Å². The minimum atomic E-state index is -3.65. The lowest BCUT2D eigenvalue weighted by Gasteiger charge is -2.10. The SMILES string of the molecule is CC(C)(C)c1nc(CCNS(=O)(=O)c2ccc3c(c2)OCO3)no1. The Kier molecular flexibility index (Phi) is 4.22. The Balaban J connectivity index is 1.62. The summed E-state index contributed by atoms with van der Waals surface area (Å²) >= 11 is 0. The summed E-state index contributed by atoms with van der Waals surface area (Å²) in [6, 6.07) is 4.49. The van der Waals surface area contributed by atoms with E-state index in [9.17, 15) is 8.42 Å². The third kappa shape index (κ3) is 3.51. The molecule has 2 aromatic rings. The van der Waals surface area contributed by atoms with Crippen LogP contribution < -0.4 is 14.2 Å². The van der Waals surface area contributed by atoms with Crippen LogP contribution in [0, 0.1) is 0 Å². The van der Waals surface area contributed by atoms with Crippen LogP contribution in [0.2, 0.25) is 0 Å². The number of aromatic nitrogens is 2. The lowest BCUT2D eigenvalue weighted by atomic mass is 9.97. The normalized spacial score (nSPS) is 14.1. The van der Waals surface area contributed by atoms with Gasteiger partial charge in [0.25, 0.3) is 0 Å². The second-order valence-corrected chi connectivity index (χ2v) is 8.20. The minimum Gasteiger partial charge on any atom is -0.454 e. The van der Waals surface area contributed by atoms with Crippen molar-refractivity contribution in [2.75, 3.05) is 13.3 Å². The molecule has 1 aliphatic heterocycles. The quantitative estimate of drug-likeness (QED) is 0.871. The summed E-state index contributed by atoms with van der Waals surface area (Å²) in [6.07, 6.45) is 0.337. The Morgan fingerprint density at radius 2 is 1.96 bits per heavy atom. The highest BCUT2D eigenvalue weighted by Crippen LogP contribution is 2.33. The van der Waals surface area contributed by atoms with Crippen LogP contribution in [-0.4, -0.2) is 31.9 Å². The Hall–Kier alpha value is -2.13. The van der Waals surface area contributed by atoms with E-state index < -0.39 is 10.0 Å². The van der Waals surface area contributed by atoms with E-state index in [-0.39, 0.29) is 23.6 Å². The van der Waals surface area contributed by atoms with Gasteiger partial charge >= 0.3 is 0 Å². The Bertz CT molecular complexity index is 839. The van der Waals surface area contributed by atoms with Crippen LogP contribution >= 0.6 is 0 Å². The summed E-state index contributed by atoms with van der Waals surface area (Å²) < 4.78 is 42.7. The lowest BCUT2D eigenvalue weighted by molar-refractivity contribution is 0.174. The van der Waals surface area contributed by atoms with Crippen molar-refractivity contribution in [3.63, 3.8) is 0 Å². The van der Waals surface area contributed by atoms with Crippen molar-refractivity contribution in [3.05, 3.63) is 29.9 Å². The molecule has 2 heterocycles. The van der Waals surface area contributed by atoms with Gasteiger partial charge < -0.3 is 14.0 Å². The molecule has 0 amide bonds. The molecule has 1 aromatic carbocycles. The van der Waals surface area contributed by atoms with Gasteiger partial charge in [0.2, 0.25) is 22.7 Å². The van der Waals surface area contributed by atoms with Gasteiger partial charge in [0.15, 0.2) is 17.3 Å². The number of ether oxygens (including phenoxy) is 2. The summed E-state index contributed by atoms with van der Waals surface area (Å²) in [4.78, 5) is 4.39. The van der Waals surface area contributed by atoms with Gasteiger partial charge in [-0.2, -0.15) is 4.98 Å². The molecule has 1 aliphatic rings. The molecule has 1 N–H and O–H groups in total. The van der Waals surface area contributed by atoms with E-state index >= 15 is 0 Å². The topological polar surface area (TPSA) is 104 Å². The lowest BCUT2D eigenvalue weighted by Crippen LogP contribution is -2.26. The number of nitrogens with one attached hydrogen (secondary N) is 1. The zero-order valence-electron chi connectivity index (χ0n) is 13.7. The van der Waals surface area contributed by atoms with Crippen LogP contribution in [-0.2, 0) is 21.9 Å². The van der Waals surface area contributed by atoms with E-state index in [0.29, 0.717) is 29.6 Å². The van der Waals surface area contributed by atoms with Gasteiger partial charge in [-0.3, -0.25) is 0 Å². The van der Waals surface area contributed by atoms with Crippen LogP contribution in [0.4, 0.5) is 0 Å². The fraction of sp³-hybridized carbons (Fsp3) is 0.467. The highest BCUT2D eigenvalue weighted by Gasteiger charge is 2.23. The monoisotopic (exact) mass is 353 g/mol. The molecule has 3 rings (SSSR count). The molecule has 0 aliphatic carbocycles. The van der Waals surface area contributed by atoms with Crippen LogP contribution in [0.15, 0.2) is 27.6 Å². The number of sulfonamides is 1. The maximum atomic E-state index is 12.3. The molecular weight excluding hydrogens is 334 g/mol. The summed E-state index contributed by atoms with van der Waals surface area (Å²) in [6.45, 7) is 6.16. The fourth-order valence-corrected chi connectivity index (χ4v) is 3.13. The molecule has 0 bridgehead atoms. The molecule has 0 saturated heterocycles.